The number of benzene rings is 1. The minimum Gasteiger partial charge on any atom is -0.507 e. The average Bonchev–Trinajstić information content (AvgIpc) is 3.08. The molecular formula is C19H21NO3S2. The highest BCUT2D eigenvalue weighted by Crippen LogP contribution is 2.35. The molecule has 132 valence electrons. The van der Waals surface area contributed by atoms with E-state index >= 15 is 0 Å². The van der Waals surface area contributed by atoms with E-state index in [1.54, 1.807) is 23.6 Å². The Balaban J connectivity index is 2.65. The first kappa shape index (κ1) is 19.2. The van der Waals surface area contributed by atoms with Crippen LogP contribution in [-0.4, -0.2) is 13.5 Å². The minimum atomic E-state index is -3.83. The van der Waals surface area contributed by atoms with Gasteiger partial charge < -0.3 is 5.11 Å². The number of phenols is 1. The second kappa shape index (κ2) is 7.42. The van der Waals surface area contributed by atoms with Gasteiger partial charge in [-0.15, -0.1) is 0 Å². The lowest BCUT2D eigenvalue weighted by atomic mass is 9.91. The van der Waals surface area contributed by atoms with Crippen molar-refractivity contribution in [2.75, 3.05) is 0 Å². The summed E-state index contributed by atoms with van der Waals surface area (Å²) in [6, 6.07) is 6.78. The van der Waals surface area contributed by atoms with Gasteiger partial charge in [0.15, 0.2) is 0 Å². The Morgan fingerprint density at radius 3 is 2.16 bits per heavy atom. The molecule has 0 saturated carbocycles. The third kappa shape index (κ3) is 3.94. The molecule has 0 aliphatic heterocycles. The van der Waals surface area contributed by atoms with Crippen LogP contribution < -0.4 is 0 Å². The van der Waals surface area contributed by atoms with Crippen molar-refractivity contribution in [3.63, 3.8) is 0 Å². The third-order valence-corrected chi connectivity index (χ3v) is 6.43. The zero-order valence-electron chi connectivity index (χ0n) is 14.6. The lowest BCUT2D eigenvalue weighted by Crippen LogP contribution is -2.03. The lowest BCUT2D eigenvalue weighted by Gasteiger charge is -2.16. The van der Waals surface area contributed by atoms with Crippen molar-refractivity contribution in [2.45, 2.75) is 44.4 Å². The minimum absolute atomic E-state index is 0.0740. The zero-order chi connectivity index (χ0) is 18.8. The van der Waals surface area contributed by atoms with Gasteiger partial charge in [-0.1, -0.05) is 27.7 Å². The van der Waals surface area contributed by atoms with Crippen molar-refractivity contribution in [3.8, 4) is 11.8 Å². The molecule has 4 nitrogen and oxygen atoms in total. The Bertz CT molecular complexity index is 903. The number of thiophene rings is 1. The van der Waals surface area contributed by atoms with Gasteiger partial charge in [-0.05, 0) is 58.2 Å². The molecule has 6 heteroatoms. The molecule has 0 saturated heterocycles. The van der Waals surface area contributed by atoms with Crippen molar-refractivity contribution in [1.82, 2.24) is 0 Å². The van der Waals surface area contributed by atoms with Crippen LogP contribution in [0, 0.1) is 11.3 Å². The number of aromatic hydroxyl groups is 1. The molecule has 1 aromatic heterocycles. The highest BCUT2D eigenvalue weighted by atomic mass is 32.2. The van der Waals surface area contributed by atoms with E-state index in [0.717, 1.165) is 11.1 Å². The van der Waals surface area contributed by atoms with Gasteiger partial charge in [-0.25, -0.2) is 8.42 Å². The van der Waals surface area contributed by atoms with E-state index in [1.165, 1.54) is 28.9 Å². The largest absolute Gasteiger partial charge is 0.507 e. The average molecular weight is 376 g/mol. The molecule has 0 radical (unpaired) electrons. The quantitative estimate of drug-likeness (QED) is 0.743. The molecule has 0 atom stereocenters. The smallest absolute Gasteiger partial charge is 0.217 e. The molecule has 1 N–H and O–H groups in total. The van der Waals surface area contributed by atoms with Gasteiger partial charge in [0.2, 0.25) is 9.84 Å². The summed E-state index contributed by atoms with van der Waals surface area (Å²) < 4.78 is 25.2. The van der Waals surface area contributed by atoms with E-state index in [2.05, 4.69) is 0 Å². The molecule has 1 aromatic carbocycles. The third-order valence-electron chi connectivity index (χ3n) is 3.94. The standard InChI is InChI=1S/C19H21NO3S2/c1-12(2)17-8-14(9-18(13(3)4)19(17)21)7-16(10-20)25(22,23)15-5-6-24-11-15/h5-9,11-13,21H,1-4H3/b16-7-. The maximum absolute atomic E-state index is 12.6. The fourth-order valence-corrected chi connectivity index (χ4v) is 4.71. The molecule has 2 rings (SSSR count). The number of phenolic OH excluding ortho intramolecular Hbond substituents is 1. The van der Waals surface area contributed by atoms with Crippen LogP contribution in [0.1, 0.15) is 56.2 Å². The molecule has 0 fully saturated rings. The summed E-state index contributed by atoms with van der Waals surface area (Å²) in [6.45, 7) is 7.83. The molecule has 2 aromatic rings. The van der Waals surface area contributed by atoms with Crippen LogP contribution in [0.5, 0.6) is 5.75 Å². The number of hydrogen-bond donors (Lipinski definition) is 1. The summed E-state index contributed by atoms with van der Waals surface area (Å²) in [6.07, 6.45) is 1.38. The molecule has 0 amide bonds. The van der Waals surface area contributed by atoms with Crippen molar-refractivity contribution in [3.05, 3.63) is 50.6 Å². The van der Waals surface area contributed by atoms with E-state index in [1.807, 2.05) is 27.7 Å². The lowest BCUT2D eigenvalue weighted by molar-refractivity contribution is 0.454. The predicted molar refractivity (Wildman–Crippen MR) is 101 cm³/mol. The first-order chi connectivity index (χ1) is 11.7. The van der Waals surface area contributed by atoms with Crippen molar-refractivity contribution >= 4 is 27.3 Å². The van der Waals surface area contributed by atoms with E-state index < -0.39 is 9.84 Å². The Morgan fingerprint density at radius 1 is 1.20 bits per heavy atom. The van der Waals surface area contributed by atoms with Crippen LogP contribution >= 0.6 is 11.3 Å². The van der Waals surface area contributed by atoms with Gasteiger partial charge in [-0.3, -0.25) is 0 Å². The molecule has 0 bridgehead atoms. The molecule has 0 spiro atoms. The van der Waals surface area contributed by atoms with Gasteiger partial charge >= 0.3 is 0 Å². The van der Waals surface area contributed by atoms with Crippen LogP contribution in [0.4, 0.5) is 0 Å². The van der Waals surface area contributed by atoms with E-state index in [4.69, 9.17) is 0 Å². The van der Waals surface area contributed by atoms with Gasteiger partial charge in [0.25, 0.3) is 0 Å². The summed E-state index contributed by atoms with van der Waals surface area (Å²) in [5.74, 6) is 0.385. The highest BCUT2D eigenvalue weighted by molar-refractivity contribution is 7.95. The Labute approximate surface area is 153 Å². The number of rotatable bonds is 5. The Morgan fingerprint density at radius 2 is 1.76 bits per heavy atom. The van der Waals surface area contributed by atoms with Gasteiger partial charge in [0, 0.05) is 5.38 Å². The van der Waals surface area contributed by atoms with Crippen LogP contribution in [0.25, 0.3) is 6.08 Å². The van der Waals surface area contributed by atoms with Crippen molar-refractivity contribution in [2.24, 2.45) is 0 Å². The monoisotopic (exact) mass is 375 g/mol. The number of allylic oxidation sites excluding steroid dienone is 1. The van der Waals surface area contributed by atoms with E-state index in [-0.39, 0.29) is 27.4 Å². The van der Waals surface area contributed by atoms with Gasteiger partial charge in [0.05, 0.1) is 4.90 Å². The Hall–Kier alpha value is -2.10. The molecule has 0 aliphatic carbocycles. The van der Waals surface area contributed by atoms with Crippen molar-refractivity contribution in [1.29, 1.82) is 5.26 Å². The predicted octanol–water partition coefficient (Wildman–Crippen LogP) is 5.04. The van der Waals surface area contributed by atoms with E-state index in [0.29, 0.717) is 5.56 Å². The summed E-state index contributed by atoms with van der Waals surface area (Å²) in [7, 11) is -3.83. The molecule has 0 unspecified atom stereocenters. The van der Waals surface area contributed by atoms with Gasteiger partial charge in [0.1, 0.15) is 16.7 Å². The second-order valence-electron chi connectivity index (χ2n) is 6.44. The van der Waals surface area contributed by atoms with Crippen LogP contribution in [-0.2, 0) is 9.84 Å². The van der Waals surface area contributed by atoms with E-state index in [9.17, 15) is 18.8 Å². The summed E-state index contributed by atoms with van der Waals surface area (Å²) in [4.78, 5) is -0.182. The fraction of sp³-hybridized carbons (Fsp3) is 0.316. The first-order valence-corrected chi connectivity index (χ1v) is 10.4. The highest BCUT2D eigenvalue weighted by Gasteiger charge is 2.22. The second-order valence-corrected chi connectivity index (χ2v) is 9.14. The zero-order valence-corrected chi connectivity index (χ0v) is 16.3. The molecule has 0 aliphatic rings. The first-order valence-electron chi connectivity index (χ1n) is 7.94. The summed E-state index contributed by atoms with van der Waals surface area (Å²) >= 11 is 1.27. The van der Waals surface area contributed by atoms with Crippen LogP contribution in [0.3, 0.4) is 0 Å². The number of nitriles is 1. The number of nitrogens with zero attached hydrogens (tertiary/aromatic N) is 1. The number of hydrogen-bond acceptors (Lipinski definition) is 5. The molecule has 25 heavy (non-hydrogen) atoms. The Kier molecular flexibility index (Phi) is 5.71. The topological polar surface area (TPSA) is 78.2 Å². The van der Waals surface area contributed by atoms with Crippen LogP contribution in [0.2, 0.25) is 0 Å². The normalized spacial score (nSPS) is 12.6. The fourth-order valence-electron chi connectivity index (χ4n) is 2.52. The number of sulfone groups is 1. The summed E-state index contributed by atoms with van der Waals surface area (Å²) in [5.41, 5.74) is 2.07. The summed E-state index contributed by atoms with van der Waals surface area (Å²) in [5, 5.41) is 23.0. The van der Waals surface area contributed by atoms with Crippen LogP contribution in [0.15, 0.2) is 38.8 Å². The molecular weight excluding hydrogens is 354 g/mol. The maximum atomic E-state index is 12.6. The van der Waals surface area contributed by atoms with Gasteiger partial charge in [-0.2, -0.15) is 16.6 Å². The molecule has 1 heterocycles. The SMILES string of the molecule is CC(C)c1cc(/C=C(/C#N)S(=O)(=O)c2ccsc2)cc(C(C)C)c1O. The van der Waals surface area contributed by atoms with Crippen molar-refractivity contribution < 1.29 is 13.5 Å². The maximum Gasteiger partial charge on any atom is 0.217 e.